The molecular formula is C85H160N6O38. The first-order valence-corrected chi connectivity index (χ1v) is 45.1. The Morgan fingerprint density at radius 1 is 0.217 bits per heavy atom. The Morgan fingerprint density at radius 2 is 0.395 bits per heavy atom. The van der Waals surface area contributed by atoms with Crippen molar-refractivity contribution in [2.75, 3.05) is 444 Å². The van der Waals surface area contributed by atoms with Crippen LogP contribution in [0, 0.1) is 0 Å². The van der Waals surface area contributed by atoms with Crippen molar-refractivity contribution in [1.29, 1.82) is 0 Å². The lowest BCUT2D eigenvalue weighted by Crippen LogP contribution is -2.59. The van der Waals surface area contributed by atoms with Crippen molar-refractivity contribution in [2.45, 2.75) is 56.9 Å². The van der Waals surface area contributed by atoms with Gasteiger partial charge in [0.25, 0.3) is 11.8 Å². The molecule has 44 heteroatoms. The van der Waals surface area contributed by atoms with Crippen LogP contribution in [-0.4, -0.2) is 496 Å². The second kappa shape index (κ2) is 100. The molecule has 0 aromatic heterocycles. The molecule has 0 aromatic carbocycles. The Bertz CT molecular complexity index is 2330. The minimum absolute atomic E-state index is 0.0114. The first kappa shape index (κ1) is 122. The molecule has 1 heterocycles. The van der Waals surface area contributed by atoms with Crippen molar-refractivity contribution in [3.8, 4) is 0 Å². The zero-order valence-corrected chi connectivity index (χ0v) is 77.5. The second-order valence-electron chi connectivity index (χ2n) is 27.6. The summed E-state index contributed by atoms with van der Waals surface area (Å²) in [7, 11) is 4.87. The number of rotatable bonds is 109. The van der Waals surface area contributed by atoms with E-state index >= 15 is 0 Å². The van der Waals surface area contributed by atoms with Gasteiger partial charge in [-0.2, -0.15) is 0 Å². The summed E-state index contributed by atoms with van der Waals surface area (Å²) in [6.07, 6.45) is 4.57. The average molecular weight is 1870 g/mol. The minimum atomic E-state index is -1.40. The Morgan fingerprint density at radius 3 is 0.612 bits per heavy atom. The van der Waals surface area contributed by atoms with E-state index in [0.29, 0.717) is 343 Å². The monoisotopic (exact) mass is 1870 g/mol. The highest BCUT2D eigenvalue weighted by Gasteiger charge is 2.34. The molecule has 7 amide bonds. The normalized spacial score (nSPS) is 12.2. The van der Waals surface area contributed by atoms with Gasteiger partial charge in [0.15, 0.2) is 0 Å². The van der Waals surface area contributed by atoms with E-state index in [0.717, 1.165) is 0 Å². The van der Waals surface area contributed by atoms with Crippen LogP contribution in [0.5, 0.6) is 0 Å². The number of amides is 7. The van der Waals surface area contributed by atoms with Crippen LogP contribution in [0.15, 0.2) is 12.2 Å². The molecular weight excluding hydrogens is 1710 g/mol. The van der Waals surface area contributed by atoms with E-state index in [9.17, 15) is 33.6 Å². The van der Waals surface area contributed by atoms with Crippen LogP contribution >= 0.6 is 0 Å². The number of nitrogens with one attached hydrogen (secondary N) is 5. The second-order valence-corrected chi connectivity index (χ2v) is 27.6. The Hall–Kier alpha value is -5.01. The van der Waals surface area contributed by atoms with Gasteiger partial charge in [0.05, 0.1) is 390 Å². The van der Waals surface area contributed by atoms with E-state index in [-0.39, 0.29) is 167 Å². The number of imide groups is 1. The predicted molar refractivity (Wildman–Crippen MR) is 464 cm³/mol. The van der Waals surface area contributed by atoms with Gasteiger partial charge in [-0.15, -0.1) is 0 Å². The number of carbonyl (C=O) groups is 7. The van der Waals surface area contributed by atoms with Gasteiger partial charge >= 0.3 is 0 Å². The Labute approximate surface area is 763 Å². The summed E-state index contributed by atoms with van der Waals surface area (Å²) in [4.78, 5) is 89.8. The third-order valence-electron chi connectivity index (χ3n) is 17.0. The van der Waals surface area contributed by atoms with Crippen LogP contribution in [-0.2, 0) is 180 Å². The van der Waals surface area contributed by atoms with E-state index < -0.39 is 11.4 Å². The molecule has 1 rings (SSSR count). The number of hydrogen-bond acceptors (Lipinski definition) is 38. The van der Waals surface area contributed by atoms with Crippen LogP contribution in [0.1, 0.15) is 51.4 Å². The summed E-state index contributed by atoms with van der Waals surface area (Å²) in [5.74, 6) is -2.12. The molecule has 0 saturated heterocycles. The largest absolute Gasteiger partial charge is 0.382 e. The van der Waals surface area contributed by atoms with Crippen LogP contribution in [0.4, 0.5) is 0 Å². The smallest absolute Gasteiger partial charge is 0.253 e. The molecule has 0 bridgehead atoms. The minimum Gasteiger partial charge on any atom is -0.382 e. The predicted octanol–water partition coefficient (Wildman–Crippen LogP) is -1.24. The highest BCUT2D eigenvalue weighted by molar-refractivity contribution is 6.12. The summed E-state index contributed by atoms with van der Waals surface area (Å²) in [5, 5.41) is 14.3. The molecule has 1 aliphatic rings. The van der Waals surface area contributed by atoms with E-state index in [1.54, 1.807) is 21.3 Å². The molecule has 0 atom stereocenters. The van der Waals surface area contributed by atoms with Crippen molar-refractivity contribution < 1.29 is 180 Å². The Kier molecular flexibility index (Phi) is 95.0. The summed E-state index contributed by atoms with van der Waals surface area (Å²) in [6, 6.07) is 0. The van der Waals surface area contributed by atoms with Crippen LogP contribution in [0.2, 0.25) is 0 Å². The highest BCUT2D eigenvalue weighted by atomic mass is 16.6. The first-order valence-electron chi connectivity index (χ1n) is 45.1. The Balaban J connectivity index is 2.73. The van der Waals surface area contributed by atoms with Crippen molar-refractivity contribution in [3.63, 3.8) is 0 Å². The summed E-state index contributed by atoms with van der Waals surface area (Å²) in [5.41, 5.74) is -1.40. The summed E-state index contributed by atoms with van der Waals surface area (Å²) < 4.78 is 172. The number of ether oxygens (including phenoxy) is 31. The first-order chi connectivity index (χ1) is 63.6. The average Bonchev–Trinajstić information content (AvgIpc) is 1.85. The molecule has 0 unspecified atom stereocenters. The van der Waals surface area contributed by atoms with Gasteiger partial charge < -0.3 is 173 Å². The van der Waals surface area contributed by atoms with Gasteiger partial charge in [-0.25, -0.2) is 0 Å². The number of unbranched alkanes of at least 4 members (excludes halogenated alkanes) is 2. The lowest BCUT2D eigenvalue weighted by molar-refractivity contribution is -0.137. The van der Waals surface area contributed by atoms with Crippen LogP contribution < -0.4 is 26.6 Å². The standard InChI is InChI=1S/C85H160N6O38/c1-99-27-30-107-43-46-115-57-60-121-69-72-124-66-63-118-54-51-112-40-35-104-24-15-87-79(93)10-20-127-75-85(76-128-21-11-80(94)88-16-25-105-36-41-113-52-55-119-64-67-125-73-70-122-61-58-116-47-44-108-31-28-100-2,77-129-22-12-81(95)89-17-26-106-37-42-114-53-56-120-65-68-126-74-71-123-62-59-117-48-45-109-32-29-101-3)90-82(96)13-19-102-33-38-110-49-50-111-39-34-103-23-14-86-78(92)7-5-4-6-18-91-83(97)8-9-84(91)98/h8-9H,4-7,10-77H2,1-3H3,(H,86,92)(H,87,93)(H,88,94)(H,89,95)(H,90,96). The van der Waals surface area contributed by atoms with Crippen LogP contribution in [0.3, 0.4) is 0 Å². The number of methoxy groups -OCH3 is 3. The molecule has 129 heavy (non-hydrogen) atoms. The van der Waals surface area contributed by atoms with Crippen molar-refractivity contribution in [3.05, 3.63) is 12.2 Å². The third-order valence-corrected chi connectivity index (χ3v) is 17.0. The van der Waals surface area contributed by atoms with Crippen molar-refractivity contribution >= 4 is 41.4 Å². The van der Waals surface area contributed by atoms with Gasteiger partial charge in [-0.05, 0) is 12.8 Å². The molecule has 44 nitrogen and oxygen atoms in total. The zero-order chi connectivity index (χ0) is 92.9. The molecule has 5 N–H and O–H groups in total. The number of nitrogens with zero attached hydrogens (tertiary/aromatic N) is 1. The molecule has 758 valence electrons. The molecule has 0 aromatic rings. The molecule has 0 spiro atoms. The fourth-order valence-electron chi connectivity index (χ4n) is 10.3. The van der Waals surface area contributed by atoms with E-state index in [1.165, 1.54) is 17.1 Å². The van der Waals surface area contributed by atoms with E-state index in [4.69, 9.17) is 147 Å². The van der Waals surface area contributed by atoms with E-state index in [2.05, 4.69) is 26.6 Å². The quantitative estimate of drug-likeness (QED) is 0.0351. The van der Waals surface area contributed by atoms with Crippen LogP contribution in [0.25, 0.3) is 0 Å². The highest BCUT2D eigenvalue weighted by Crippen LogP contribution is 2.13. The number of carbonyl (C=O) groups excluding carboxylic acids is 7. The lowest BCUT2D eigenvalue weighted by atomic mass is 10.0. The van der Waals surface area contributed by atoms with Gasteiger partial charge in [-0.3, -0.25) is 38.5 Å². The lowest BCUT2D eigenvalue weighted by Gasteiger charge is -2.34. The van der Waals surface area contributed by atoms with Gasteiger partial charge in [0.1, 0.15) is 5.54 Å². The van der Waals surface area contributed by atoms with Gasteiger partial charge in [0.2, 0.25) is 29.5 Å². The third kappa shape index (κ3) is 90.6. The summed E-state index contributed by atoms with van der Waals surface area (Å²) >= 11 is 0. The van der Waals surface area contributed by atoms with Crippen molar-refractivity contribution in [1.82, 2.24) is 31.5 Å². The SMILES string of the molecule is COCCOCCOCCOCCOCCOCCOCCOCCNC(=O)CCOCC(COCCC(=O)NCCOCCOCCOCCOCCOCCOCCOCCOC)(COCCC(=O)NCCOCCOCCOCCOCCOCCOCCOCCOC)NC(=O)CCOCCOCCOCCOCCNC(=O)CCCCCN1C(=O)C=CC1=O. The zero-order valence-electron chi connectivity index (χ0n) is 77.5. The van der Waals surface area contributed by atoms with Gasteiger partial charge in [-0.1, -0.05) is 6.42 Å². The van der Waals surface area contributed by atoms with E-state index in [1.807, 2.05) is 0 Å². The maximum atomic E-state index is 13.9. The molecule has 1 aliphatic heterocycles. The summed E-state index contributed by atoms with van der Waals surface area (Å²) in [6.45, 7) is 21.4. The maximum Gasteiger partial charge on any atom is 0.253 e. The fourth-order valence-corrected chi connectivity index (χ4v) is 10.3. The van der Waals surface area contributed by atoms with Crippen molar-refractivity contribution in [2.24, 2.45) is 0 Å². The fraction of sp³-hybridized carbons (Fsp3) is 0.894. The topological polar surface area (TPSA) is 469 Å². The number of hydrogen-bond donors (Lipinski definition) is 5. The van der Waals surface area contributed by atoms with Gasteiger partial charge in [0, 0.05) is 98.3 Å². The molecule has 0 radical (unpaired) electrons. The maximum absolute atomic E-state index is 13.9. The molecule has 0 fully saturated rings. The molecule has 0 aliphatic carbocycles. The molecule has 0 saturated carbocycles.